The van der Waals surface area contributed by atoms with E-state index in [9.17, 15) is 4.79 Å². The molecule has 1 amide bonds. The van der Waals surface area contributed by atoms with Crippen LogP contribution in [0.5, 0.6) is 0 Å². The first kappa shape index (κ1) is 11.5. The minimum Gasteiger partial charge on any atom is -0.393 e. The van der Waals surface area contributed by atoms with Crippen LogP contribution in [0.1, 0.15) is 26.7 Å². The van der Waals surface area contributed by atoms with E-state index in [0.29, 0.717) is 32.5 Å². The Kier molecular flexibility index (Phi) is 4.35. The van der Waals surface area contributed by atoms with E-state index in [4.69, 9.17) is 9.84 Å². The number of hydrogen-bond donors (Lipinski definition) is 1. The standard InChI is InChI=1S/C10H19NO3/c1-8(12)3-4-10(13)11-5-6-14-9(2)7-11/h8-9,12H,3-7H2,1-2H3. The third-order valence-corrected chi connectivity index (χ3v) is 2.37. The van der Waals surface area contributed by atoms with Gasteiger partial charge >= 0.3 is 0 Å². The largest absolute Gasteiger partial charge is 0.393 e. The lowest BCUT2D eigenvalue weighted by Crippen LogP contribution is -2.44. The number of amides is 1. The molecule has 4 heteroatoms. The predicted octanol–water partition coefficient (Wildman–Crippen LogP) is 0.395. The van der Waals surface area contributed by atoms with Crippen molar-refractivity contribution in [1.29, 1.82) is 0 Å². The number of hydrogen-bond acceptors (Lipinski definition) is 3. The quantitative estimate of drug-likeness (QED) is 0.719. The highest BCUT2D eigenvalue weighted by atomic mass is 16.5. The van der Waals surface area contributed by atoms with Gasteiger partial charge in [-0.3, -0.25) is 4.79 Å². The van der Waals surface area contributed by atoms with Gasteiger partial charge in [-0.25, -0.2) is 0 Å². The van der Waals surface area contributed by atoms with Crippen LogP contribution in [0.4, 0.5) is 0 Å². The zero-order valence-corrected chi connectivity index (χ0v) is 8.90. The van der Waals surface area contributed by atoms with Gasteiger partial charge in [-0.2, -0.15) is 0 Å². The van der Waals surface area contributed by atoms with Gasteiger partial charge in [-0.05, 0) is 20.3 Å². The van der Waals surface area contributed by atoms with Gasteiger partial charge in [0.2, 0.25) is 5.91 Å². The molecule has 1 aliphatic heterocycles. The second kappa shape index (κ2) is 5.32. The summed E-state index contributed by atoms with van der Waals surface area (Å²) < 4.78 is 5.34. The van der Waals surface area contributed by atoms with Gasteiger partial charge in [0, 0.05) is 19.5 Å². The number of aliphatic hydroxyl groups excluding tert-OH is 1. The molecule has 1 saturated heterocycles. The fraction of sp³-hybridized carbons (Fsp3) is 0.900. The first-order valence-corrected chi connectivity index (χ1v) is 5.17. The minimum absolute atomic E-state index is 0.126. The minimum atomic E-state index is -0.391. The summed E-state index contributed by atoms with van der Waals surface area (Å²) in [6.45, 7) is 5.66. The maximum absolute atomic E-state index is 11.6. The lowest BCUT2D eigenvalue weighted by atomic mass is 10.2. The van der Waals surface area contributed by atoms with E-state index in [-0.39, 0.29) is 12.0 Å². The van der Waals surface area contributed by atoms with Gasteiger partial charge in [0.1, 0.15) is 0 Å². The number of morpholine rings is 1. The third-order valence-electron chi connectivity index (χ3n) is 2.37. The summed E-state index contributed by atoms with van der Waals surface area (Å²) in [4.78, 5) is 13.4. The van der Waals surface area contributed by atoms with Gasteiger partial charge in [0.15, 0.2) is 0 Å². The van der Waals surface area contributed by atoms with Gasteiger partial charge < -0.3 is 14.7 Å². The molecule has 4 nitrogen and oxygen atoms in total. The van der Waals surface area contributed by atoms with Gasteiger partial charge in [-0.1, -0.05) is 0 Å². The molecule has 0 spiro atoms. The SMILES string of the molecule is CC(O)CCC(=O)N1CCOC(C)C1. The molecule has 0 bridgehead atoms. The van der Waals surface area contributed by atoms with E-state index in [2.05, 4.69) is 0 Å². The van der Waals surface area contributed by atoms with Crippen LogP contribution in [-0.2, 0) is 9.53 Å². The maximum atomic E-state index is 11.6. The highest BCUT2D eigenvalue weighted by Crippen LogP contribution is 2.08. The highest BCUT2D eigenvalue weighted by molar-refractivity contribution is 5.76. The maximum Gasteiger partial charge on any atom is 0.222 e. The molecule has 1 rings (SSSR count). The van der Waals surface area contributed by atoms with Crippen LogP contribution in [0.2, 0.25) is 0 Å². The summed E-state index contributed by atoms with van der Waals surface area (Å²) in [6.07, 6.45) is 0.728. The highest BCUT2D eigenvalue weighted by Gasteiger charge is 2.20. The van der Waals surface area contributed by atoms with Crippen LogP contribution in [0.3, 0.4) is 0 Å². The second-order valence-corrected chi connectivity index (χ2v) is 3.91. The molecule has 0 aromatic carbocycles. The predicted molar refractivity (Wildman–Crippen MR) is 52.9 cm³/mol. The Morgan fingerprint density at radius 3 is 3.00 bits per heavy atom. The molecule has 1 heterocycles. The van der Waals surface area contributed by atoms with Crippen molar-refractivity contribution in [3.63, 3.8) is 0 Å². The molecule has 14 heavy (non-hydrogen) atoms. The van der Waals surface area contributed by atoms with Crippen LogP contribution in [0, 0.1) is 0 Å². The fourth-order valence-electron chi connectivity index (χ4n) is 1.54. The number of rotatable bonds is 3. The van der Waals surface area contributed by atoms with Gasteiger partial charge in [-0.15, -0.1) is 0 Å². The average Bonchev–Trinajstić information content (AvgIpc) is 2.14. The van der Waals surface area contributed by atoms with E-state index in [0.717, 1.165) is 0 Å². The molecule has 82 valence electrons. The first-order valence-electron chi connectivity index (χ1n) is 5.17. The molecule has 1 fully saturated rings. The lowest BCUT2D eigenvalue weighted by molar-refractivity contribution is -0.138. The van der Waals surface area contributed by atoms with Gasteiger partial charge in [0.05, 0.1) is 18.8 Å². The normalized spacial score (nSPS) is 24.8. The summed E-state index contributed by atoms with van der Waals surface area (Å²) in [7, 11) is 0. The number of aliphatic hydroxyl groups is 1. The molecule has 0 aromatic heterocycles. The molecule has 1 aliphatic rings. The molecule has 0 saturated carbocycles. The zero-order valence-electron chi connectivity index (χ0n) is 8.90. The topological polar surface area (TPSA) is 49.8 Å². The van der Waals surface area contributed by atoms with Crippen molar-refractivity contribution in [2.24, 2.45) is 0 Å². The Morgan fingerprint density at radius 1 is 1.71 bits per heavy atom. The van der Waals surface area contributed by atoms with Gasteiger partial charge in [0.25, 0.3) is 0 Å². The summed E-state index contributed by atoms with van der Waals surface area (Å²) >= 11 is 0. The van der Waals surface area contributed by atoms with E-state index in [1.807, 2.05) is 11.8 Å². The van der Waals surface area contributed by atoms with Crippen LogP contribution in [0.25, 0.3) is 0 Å². The van der Waals surface area contributed by atoms with Crippen LogP contribution in [0.15, 0.2) is 0 Å². The zero-order chi connectivity index (χ0) is 10.6. The second-order valence-electron chi connectivity index (χ2n) is 3.91. The van der Waals surface area contributed by atoms with Crippen molar-refractivity contribution in [3.8, 4) is 0 Å². The molecular weight excluding hydrogens is 182 g/mol. The third kappa shape index (κ3) is 3.64. The molecule has 1 N–H and O–H groups in total. The van der Waals surface area contributed by atoms with Crippen molar-refractivity contribution < 1.29 is 14.6 Å². The van der Waals surface area contributed by atoms with Crippen molar-refractivity contribution in [1.82, 2.24) is 4.90 Å². The number of ether oxygens (including phenoxy) is 1. The van der Waals surface area contributed by atoms with Crippen LogP contribution in [-0.4, -0.2) is 47.8 Å². The molecule has 2 atom stereocenters. The van der Waals surface area contributed by atoms with Crippen molar-refractivity contribution in [2.75, 3.05) is 19.7 Å². The molecule has 0 radical (unpaired) electrons. The number of carbonyl (C=O) groups excluding carboxylic acids is 1. The molecule has 0 aromatic rings. The van der Waals surface area contributed by atoms with Crippen molar-refractivity contribution >= 4 is 5.91 Å². The van der Waals surface area contributed by atoms with Crippen molar-refractivity contribution in [2.45, 2.75) is 38.9 Å². The smallest absolute Gasteiger partial charge is 0.222 e. The Bertz CT molecular complexity index is 194. The Labute approximate surface area is 84.8 Å². The summed E-state index contributed by atoms with van der Waals surface area (Å²) in [6, 6.07) is 0. The van der Waals surface area contributed by atoms with E-state index in [1.54, 1.807) is 6.92 Å². The van der Waals surface area contributed by atoms with Crippen LogP contribution < -0.4 is 0 Å². The fourth-order valence-corrected chi connectivity index (χ4v) is 1.54. The average molecular weight is 201 g/mol. The van der Waals surface area contributed by atoms with E-state index < -0.39 is 6.10 Å². The van der Waals surface area contributed by atoms with E-state index in [1.165, 1.54) is 0 Å². The Hall–Kier alpha value is -0.610. The molecular formula is C10H19NO3. The lowest BCUT2D eigenvalue weighted by Gasteiger charge is -2.31. The Balaban J connectivity index is 2.29. The molecule has 0 aliphatic carbocycles. The Morgan fingerprint density at radius 2 is 2.43 bits per heavy atom. The monoisotopic (exact) mass is 201 g/mol. The molecule has 2 unspecified atom stereocenters. The number of carbonyl (C=O) groups is 1. The summed E-state index contributed by atoms with van der Waals surface area (Å²) in [5, 5.41) is 9.06. The summed E-state index contributed by atoms with van der Waals surface area (Å²) in [5.41, 5.74) is 0. The first-order chi connectivity index (χ1) is 6.59. The van der Waals surface area contributed by atoms with Crippen molar-refractivity contribution in [3.05, 3.63) is 0 Å². The van der Waals surface area contributed by atoms with Crippen LogP contribution >= 0.6 is 0 Å². The summed E-state index contributed by atoms with van der Waals surface area (Å²) in [5.74, 6) is 0.126. The van der Waals surface area contributed by atoms with E-state index >= 15 is 0 Å². The number of nitrogens with zero attached hydrogens (tertiary/aromatic N) is 1.